The minimum absolute atomic E-state index is 0.0441. The summed E-state index contributed by atoms with van der Waals surface area (Å²) >= 11 is 5.91. The lowest BCUT2D eigenvalue weighted by Crippen LogP contribution is -2.49. The fourth-order valence-electron chi connectivity index (χ4n) is 3.01. The second-order valence-electron chi connectivity index (χ2n) is 6.23. The Balaban J connectivity index is 1.42. The average Bonchev–Trinajstić information content (AvgIpc) is 3.25. The molecule has 0 bridgehead atoms. The lowest BCUT2D eigenvalue weighted by atomic mass is 10.1. The fraction of sp³-hybridized carbons (Fsp3) is 0.222. The highest BCUT2D eigenvalue weighted by atomic mass is 35.5. The maximum Gasteiger partial charge on any atom is 0.255 e. The molecule has 0 N–H and O–H groups in total. The second-order valence-corrected chi connectivity index (χ2v) is 6.63. The van der Waals surface area contributed by atoms with E-state index in [0.717, 1.165) is 12.1 Å². The summed E-state index contributed by atoms with van der Waals surface area (Å²) in [4.78, 5) is 16.2. The number of anilines is 1. The van der Waals surface area contributed by atoms with E-state index < -0.39 is 17.5 Å². The van der Waals surface area contributed by atoms with E-state index in [-0.39, 0.29) is 10.6 Å². The Morgan fingerprint density at radius 1 is 1.00 bits per heavy atom. The van der Waals surface area contributed by atoms with Gasteiger partial charge in [-0.1, -0.05) is 11.6 Å². The van der Waals surface area contributed by atoms with Crippen molar-refractivity contribution in [2.45, 2.75) is 0 Å². The van der Waals surface area contributed by atoms with Crippen molar-refractivity contribution in [1.29, 1.82) is 0 Å². The molecule has 0 radical (unpaired) electrons. The van der Waals surface area contributed by atoms with Crippen LogP contribution in [-0.4, -0.2) is 57.0 Å². The van der Waals surface area contributed by atoms with Crippen LogP contribution in [0.5, 0.6) is 0 Å². The van der Waals surface area contributed by atoms with E-state index in [2.05, 4.69) is 15.3 Å². The van der Waals surface area contributed by atoms with Crippen molar-refractivity contribution < 1.29 is 13.6 Å². The Bertz CT molecular complexity index is 988. The smallest absolute Gasteiger partial charge is 0.255 e. The van der Waals surface area contributed by atoms with Crippen molar-refractivity contribution in [3.8, 4) is 5.82 Å². The zero-order valence-electron chi connectivity index (χ0n) is 14.6. The van der Waals surface area contributed by atoms with Gasteiger partial charge in [-0.05, 0) is 30.3 Å². The number of nitrogens with zero attached hydrogens (tertiary/aromatic N) is 6. The van der Waals surface area contributed by atoms with Crippen LogP contribution in [0.1, 0.15) is 10.4 Å². The number of carbonyl (C=O) groups excluding carboxylic acids is 1. The van der Waals surface area contributed by atoms with Crippen LogP contribution in [0.2, 0.25) is 5.02 Å². The van der Waals surface area contributed by atoms with Crippen molar-refractivity contribution in [3.05, 3.63) is 64.9 Å². The predicted octanol–water partition coefficient (Wildman–Crippen LogP) is 2.56. The van der Waals surface area contributed by atoms with E-state index >= 15 is 0 Å². The molecule has 3 aromatic rings. The number of hydrogen-bond donors (Lipinski definition) is 0. The van der Waals surface area contributed by atoms with E-state index in [1.807, 2.05) is 17.0 Å². The maximum absolute atomic E-state index is 13.5. The molecule has 0 unspecified atom stereocenters. The zero-order valence-corrected chi connectivity index (χ0v) is 15.4. The molecule has 28 heavy (non-hydrogen) atoms. The zero-order chi connectivity index (χ0) is 19.7. The van der Waals surface area contributed by atoms with Gasteiger partial charge in [-0.15, -0.1) is 10.2 Å². The molecule has 1 aliphatic rings. The Kier molecular flexibility index (Phi) is 4.91. The molecule has 4 rings (SSSR count). The Hall–Kier alpha value is -3.07. The molecule has 2 aromatic heterocycles. The number of hydrogen-bond acceptors (Lipinski definition) is 5. The standard InChI is InChI=1S/C18H15ClF2N6O/c19-13-11-15(21)14(20)10-12(13)18(28)26-8-6-25(7-9-26)16-2-3-17(24-23-16)27-5-1-4-22-27/h1-5,10-11H,6-9H2. The molecule has 1 amide bonds. The Morgan fingerprint density at radius 3 is 2.32 bits per heavy atom. The first kappa shape index (κ1) is 18.3. The summed E-state index contributed by atoms with van der Waals surface area (Å²) in [7, 11) is 0. The minimum atomic E-state index is -1.10. The summed E-state index contributed by atoms with van der Waals surface area (Å²) in [5.74, 6) is -1.31. The third kappa shape index (κ3) is 3.53. The number of rotatable bonds is 3. The molecule has 3 heterocycles. The first-order valence-corrected chi connectivity index (χ1v) is 8.93. The quantitative estimate of drug-likeness (QED) is 0.628. The van der Waals surface area contributed by atoms with Gasteiger partial charge >= 0.3 is 0 Å². The second kappa shape index (κ2) is 7.51. The molecule has 1 fully saturated rings. The summed E-state index contributed by atoms with van der Waals surface area (Å²) < 4.78 is 28.3. The predicted molar refractivity (Wildman–Crippen MR) is 98.6 cm³/mol. The van der Waals surface area contributed by atoms with Crippen LogP contribution in [0.3, 0.4) is 0 Å². The van der Waals surface area contributed by atoms with E-state index in [9.17, 15) is 13.6 Å². The molecule has 0 aliphatic carbocycles. The van der Waals surface area contributed by atoms with Crippen LogP contribution in [-0.2, 0) is 0 Å². The molecule has 10 heteroatoms. The largest absolute Gasteiger partial charge is 0.352 e. The van der Waals surface area contributed by atoms with E-state index in [1.54, 1.807) is 28.0 Å². The van der Waals surface area contributed by atoms with Crippen molar-refractivity contribution >= 4 is 23.3 Å². The molecule has 0 saturated carbocycles. The molecule has 144 valence electrons. The Labute approximate surface area is 164 Å². The molecule has 0 spiro atoms. The van der Waals surface area contributed by atoms with Crippen LogP contribution in [0.25, 0.3) is 5.82 Å². The third-order valence-electron chi connectivity index (χ3n) is 4.51. The van der Waals surface area contributed by atoms with Gasteiger partial charge in [0.2, 0.25) is 0 Å². The van der Waals surface area contributed by atoms with Crippen LogP contribution >= 0.6 is 11.6 Å². The topological polar surface area (TPSA) is 67.2 Å². The van der Waals surface area contributed by atoms with E-state index in [1.165, 1.54) is 0 Å². The number of halogens is 3. The first-order valence-electron chi connectivity index (χ1n) is 8.55. The van der Waals surface area contributed by atoms with Crippen molar-refractivity contribution in [2.75, 3.05) is 31.1 Å². The van der Waals surface area contributed by atoms with Crippen molar-refractivity contribution in [2.24, 2.45) is 0 Å². The van der Waals surface area contributed by atoms with Gasteiger partial charge < -0.3 is 9.80 Å². The van der Waals surface area contributed by atoms with Gasteiger partial charge in [0.25, 0.3) is 5.91 Å². The third-order valence-corrected chi connectivity index (χ3v) is 4.82. The monoisotopic (exact) mass is 404 g/mol. The summed E-state index contributed by atoms with van der Waals surface area (Å²) in [5.41, 5.74) is -0.0441. The first-order chi connectivity index (χ1) is 13.5. The summed E-state index contributed by atoms with van der Waals surface area (Å²) in [6.07, 6.45) is 3.43. The molecule has 0 atom stereocenters. The number of amides is 1. The van der Waals surface area contributed by atoms with E-state index in [4.69, 9.17) is 11.6 Å². The summed E-state index contributed by atoms with van der Waals surface area (Å²) in [6, 6.07) is 7.11. The molecular formula is C18H15ClF2N6O. The van der Waals surface area contributed by atoms with Crippen molar-refractivity contribution in [3.63, 3.8) is 0 Å². The Morgan fingerprint density at radius 2 is 1.68 bits per heavy atom. The highest BCUT2D eigenvalue weighted by Crippen LogP contribution is 2.23. The van der Waals surface area contributed by atoms with Gasteiger partial charge in [-0.2, -0.15) is 5.10 Å². The molecule has 1 aliphatic heterocycles. The number of carbonyl (C=O) groups is 1. The minimum Gasteiger partial charge on any atom is -0.352 e. The van der Waals surface area contributed by atoms with Crippen LogP contribution in [0.15, 0.2) is 42.7 Å². The fourth-order valence-corrected chi connectivity index (χ4v) is 3.24. The molecule has 7 nitrogen and oxygen atoms in total. The van der Waals surface area contributed by atoms with Gasteiger partial charge in [0.1, 0.15) is 0 Å². The van der Waals surface area contributed by atoms with E-state index in [0.29, 0.717) is 37.8 Å². The highest BCUT2D eigenvalue weighted by molar-refractivity contribution is 6.33. The van der Waals surface area contributed by atoms with Crippen LogP contribution in [0, 0.1) is 11.6 Å². The van der Waals surface area contributed by atoms with Crippen molar-refractivity contribution in [1.82, 2.24) is 24.9 Å². The molecule has 1 aromatic carbocycles. The van der Waals surface area contributed by atoms with Gasteiger partial charge in [0.05, 0.1) is 10.6 Å². The van der Waals surface area contributed by atoms with Gasteiger partial charge in [0, 0.05) is 38.6 Å². The number of piperazine rings is 1. The summed E-state index contributed by atoms with van der Waals surface area (Å²) in [5, 5.41) is 12.4. The van der Waals surface area contributed by atoms with Gasteiger partial charge in [-0.3, -0.25) is 4.79 Å². The molecule has 1 saturated heterocycles. The van der Waals surface area contributed by atoms with Crippen LogP contribution < -0.4 is 4.90 Å². The maximum atomic E-state index is 13.5. The SMILES string of the molecule is O=C(c1cc(F)c(F)cc1Cl)N1CCN(c2ccc(-n3cccn3)nn2)CC1. The number of aromatic nitrogens is 4. The van der Waals surface area contributed by atoms with Gasteiger partial charge in [-0.25, -0.2) is 13.5 Å². The van der Waals surface area contributed by atoms with Gasteiger partial charge in [0.15, 0.2) is 23.3 Å². The summed E-state index contributed by atoms with van der Waals surface area (Å²) in [6.45, 7) is 1.86. The number of benzene rings is 1. The van der Waals surface area contributed by atoms with Crippen LogP contribution in [0.4, 0.5) is 14.6 Å². The lowest BCUT2D eigenvalue weighted by molar-refractivity contribution is 0.0746. The highest BCUT2D eigenvalue weighted by Gasteiger charge is 2.25. The lowest BCUT2D eigenvalue weighted by Gasteiger charge is -2.35. The normalized spacial score (nSPS) is 14.4. The molecular weight excluding hydrogens is 390 g/mol. The average molecular weight is 405 g/mol.